The maximum absolute atomic E-state index is 13.8. The van der Waals surface area contributed by atoms with Crippen LogP contribution in [0.2, 0.25) is 0 Å². The van der Waals surface area contributed by atoms with Gasteiger partial charge in [0.05, 0.1) is 42.2 Å². The number of benzene rings is 2. The van der Waals surface area contributed by atoms with Gasteiger partial charge in [-0.25, -0.2) is 9.79 Å². The van der Waals surface area contributed by atoms with Gasteiger partial charge in [0.25, 0.3) is 5.56 Å². The summed E-state index contributed by atoms with van der Waals surface area (Å²) in [6, 6.07) is 12.1. The third-order valence-electron chi connectivity index (χ3n) is 5.87. The standard InChI is InChI=1S/C29H30N2O6S/c1-6-15-37-21-12-10-20(11-13-21)26-25(28(33)36-8-3)18(4)30-29-31(26)27(32)24(38-29)17-19-9-14-22(35-7-2)23(16-19)34-5/h6,9-14,16-17,26H,1,7-8,15H2,2-5H3/b24-17-/t26-/m1/s1. The van der Waals surface area contributed by atoms with Crippen LogP contribution < -0.4 is 29.1 Å². The number of carbonyl (C=O) groups excluding carboxylic acids is 1. The number of thiazole rings is 1. The first kappa shape index (κ1) is 26.9. The van der Waals surface area contributed by atoms with Gasteiger partial charge in [-0.2, -0.15) is 0 Å². The predicted molar refractivity (Wildman–Crippen MR) is 147 cm³/mol. The normalized spacial score (nSPS) is 14.9. The lowest BCUT2D eigenvalue weighted by Gasteiger charge is -2.24. The van der Waals surface area contributed by atoms with Gasteiger partial charge in [-0.15, -0.1) is 0 Å². The molecule has 1 atom stereocenters. The van der Waals surface area contributed by atoms with Gasteiger partial charge in [0.1, 0.15) is 12.4 Å². The molecule has 0 fully saturated rings. The second-order valence-corrected chi connectivity index (χ2v) is 9.32. The van der Waals surface area contributed by atoms with Gasteiger partial charge in [-0.1, -0.05) is 42.2 Å². The molecule has 0 saturated carbocycles. The molecule has 3 aromatic rings. The van der Waals surface area contributed by atoms with Crippen molar-refractivity contribution in [2.24, 2.45) is 4.99 Å². The lowest BCUT2D eigenvalue weighted by molar-refractivity contribution is -0.139. The maximum atomic E-state index is 13.8. The summed E-state index contributed by atoms with van der Waals surface area (Å²) in [6.45, 7) is 10.2. The Morgan fingerprint density at radius 2 is 1.87 bits per heavy atom. The fraction of sp³-hybridized carbons (Fsp3) is 0.276. The van der Waals surface area contributed by atoms with E-state index < -0.39 is 12.0 Å². The molecular weight excluding hydrogens is 504 g/mol. The van der Waals surface area contributed by atoms with Crippen molar-refractivity contribution in [3.8, 4) is 17.2 Å². The highest BCUT2D eigenvalue weighted by molar-refractivity contribution is 7.07. The first-order valence-corrected chi connectivity index (χ1v) is 13.1. The Bertz CT molecular complexity index is 1550. The Kier molecular flexibility index (Phi) is 8.48. The third-order valence-corrected chi connectivity index (χ3v) is 6.85. The molecule has 9 heteroatoms. The van der Waals surface area contributed by atoms with Gasteiger partial charge < -0.3 is 18.9 Å². The minimum absolute atomic E-state index is 0.209. The Balaban J connectivity index is 1.86. The highest BCUT2D eigenvalue weighted by Gasteiger charge is 2.33. The predicted octanol–water partition coefficient (Wildman–Crippen LogP) is 3.77. The molecule has 0 N–H and O–H groups in total. The highest BCUT2D eigenvalue weighted by Crippen LogP contribution is 2.32. The molecule has 0 saturated heterocycles. The first-order valence-electron chi connectivity index (χ1n) is 12.3. The molecule has 2 heterocycles. The highest BCUT2D eigenvalue weighted by atomic mass is 32.1. The van der Waals surface area contributed by atoms with E-state index in [9.17, 15) is 9.59 Å². The molecule has 38 heavy (non-hydrogen) atoms. The molecule has 1 aromatic heterocycles. The number of allylic oxidation sites excluding steroid dienone is 1. The zero-order valence-corrected chi connectivity index (χ0v) is 22.7. The minimum Gasteiger partial charge on any atom is -0.493 e. The van der Waals surface area contributed by atoms with Crippen LogP contribution in [0, 0.1) is 0 Å². The molecule has 0 unspecified atom stereocenters. The molecule has 0 bridgehead atoms. The summed E-state index contributed by atoms with van der Waals surface area (Å²) in [5.74, 6) is 1.36. The number of methoxy groups -OCH3 is 1. The number of carbonyl (C=O) groups is 1. The van der Waals surface area contributed by atoms with Crippen molar-refractivity contribution in [2.45, 2.75) is 26.8 Å². The van der Waals surface area contributed by atoms with E-state index in [1.165, 1.54) is 11.3 Å². The summed E-state index contributed by atoms with van der Waals surface area (Å²) in [5, 5.41) is 0. The molecular formula is C29H30N2O6S. The summed E-state index contributed by atoms with van der Waals surface area (Å²) >= 11 is 1.26. The van der Waals surface area contributed by atoms with E-state index in [0.29, 0.717) is 51.1 Å². The largest absolute Gasteiger partial charge is 0.493 e. The molecule has 1 aliphatic heterocycles. The van der Waals surface area contributed by atoms with Crippen LogP contribution in [0.3, 0.4) is 0 Å². The second-order valence-electron chi connectivity index (χ2n) is 8.31. The van der Waals surface area contributed by atoms with E-state index in [1.54, 1.807) is 49.8 Å². The van der Waals surface area contributed by atoms with Gasteiger partial charge in [-0.05, 0) is 62.2 Å². The fourth-order valence-corrected chi connectivity index (χ4v) is 5.26. The number of ether oxygens (including phenoxy) is 4. The lowest BCUT2D eigenvalue weighted by atomic mass is 9.96. The monoisotopic (exact) mass is 534 g/mol. The van der Waals surface area contributed by atoms with Crippen LogP contribution in [-0.4, -0.2) is 37.5 Å². The van der Waals surface area contributed by atoms with Crippen LogP contribution in [0.15, 0.2) is 76.2 Å². The zero-order valence-electron chi connectivity index (χ0n) is 21.9. The van der Waals surface area contributed by atoms with Gasteiger partial charge in [-0.3, -0.25) is 9.36 Å². The number of nitrogens with zero attached hydrogens (tertiary/aromatic N) is 2. The minimum atomic E-state index is -0.698. The molecule has 0 aliphatic carbocycles. The van der Waals surface area contributed by atoms with E-state index >= 15 is 0 Å². The summed E-state index contributed by atoms with van der Waals surface area (Å²) in [6.07, 6.45) is 3.45. The van der Waals surface area contributed by atoms with Crippen molar-refractivity contribution in [3.63, 3.8) is 0 Å². The van der Waals surface area contributed by atoms with Crippen molar-refractivity contribution in [2.75, 3.05) is 26.9 Å². The maximum Gasteiger partial charge on any atom is 0.338 e. The molecule has 0 amide bonds. The Morgan fingerprint density at radius 1 is 1.11 bits per heavy atom. The molecule has 0 radical (unpaired) electrons. The van der Waals surface area contributed by atoms with Crippen molar-refractivity contribution in [3.05, 3.63) is 97.2 Å². The number of fused-ring (bicyclic) bond motifs is 1. The summed E-state index contributed by atoms with van der Waals surface area (Å²) in [7, 11) is 1.57. The van der Waals surface area contributed by atoms with E-state index in [1.807, 2.05) is 37.3 Å². The average Bonchev–Trinajstić information content (AvgIpc) is 3.22. The van der Waals surface area contributed by atoms with Crippen molar-refractivity contribution in [1.82, 2.24) is 4.57 Å². The van der Waals surface area contributed by atoms with Crippen LogP contribution in [0.5, 0.6) is 17.2 Å². The van der Waals surface area contributed by atoms with Gasteiger partial charge >= 0.3 is 5.97 Å². The number of esters is 1. The summed E-state index contributed by atoms with van der Waals surface area (Å²) in [5.41, 5.74) is 2.10. The zero-order chi connectivity index (χ0) is 27.2. The Labute approximate surface area is 224 Å². The van der Waals surface area contributed by atoms with E-state index in [-0.39, 0.29) is 12.2 Å². The fourth-order valence-electron chi connectivity index (χ4n) is 4.21. The van der Waals surface area contributed by atoms with Crippen LogP contribution in [0.25, 0.3) is 6.08 Å². The van der Waals surface area contributed by atoms with E-state index in [0.717, 1.165) is 11.1 Å². The topological polar surface area (TPSA) is 88.4 Å². The molecule has 8 nitrogen and oxygen atoms in total. The molecule has 2 aromatic carbocycles. The van der Waals surface area contributed by atoms with Crippen LogP contribution >= 0.6 is 11.3 Å². The van der Waals surface area contributed by atoms with Crippen molar-refractivity contribution in [1.29, 1.82) is 0 Å². The lowest BCUT2D eigenvalue weighted by Crippen LogP contribution is -2.39. The van der Waals surface area contributed by atoms with Gasteiger partial charge in [0.2, 0.25) is 0 Å². The number of rotatable bonds is 10. The number of hydrogen-bond donors (Lipinski definition) is 0. The van der Waals surface area contributed by atoms with E-state index in [2.05, 4.69) is 11.6 Å². The third kappa shape index (κ3) is 5.43. The Morgan fingerprint density at radius 3 is 2.53 bits per heavy atom. The second kappa shape index (κ2) is 12.0. The summed E-state index contributed by atoms with van der Waals surface area (Å²) in [4.78, 5) is 32.0. The Hall–Kier alpha value is -4.11. The van der Waals surface area contributed by atoms with Crippen molar-refractivity contribution < 1.29 is 23.7 Å². The quantitative estimate of drug-likeness (QED) is 0.291. The molecule has 4 rings (SSSR count). The van der Waals surface area contributed by atoms with E-state index in [4.69, 9.17) is 18.9 Å². The SMILES string of the molecule is C=CCOc1ccc([C@@H]2C(C(=O)OCC)=C(C)N=c3s/c(=C\c4ccc(OCC)c(OC)c4)c(=O)n32)cc1. The van der Waals surface area contributed by atoms with Crippen LogP contribution in [0.1, 0.15) is 37.9 Å². The van der Waals surface area contributed by atoms with Gasteiger partial charge in [0.15, 0.2) is 16.3 Å². The number of hydrogen-bond acceptors (Lipinski definition) is 8. The summed E-state index contributed by atoms with van der Waals surface area (Å²) < 4.78 is 24.1. The van der Waals surface area contributed by atoms with Crippen LogP contribution in [-0.2, 0) is 9.53 Å². The number of aromatic nitrogens is 1. The van der Waals surface area contributed by atoms with Crippen molar-refractivity contribution >= 4 is 23.4 Å². The molecule has 198 valence electrons. The van der Waals surface area contributed by atoms with Gasteiger partial charge in [0, 0.05) is 0 Å². The van der Waals surface area contributed by atoms with Crippen LogP contribution in [0.4, 0.5) is 0 Å². The molecule has 1 aliphatic rings. The smallest absolute Gasteiger partial charge is 0.338 e. The first-order chi connectivity index (χ1) is 18.4. The average molecular weight is 535 g/mol. The molecule has 0 spiro atoms.